The highest BCUT2D eigenvalue weighted by Gasteiger charge is 2.21. The predicted molar refractivity (Wildman–Crippen MR) is 130 cm³/mol. The van der Waals surface area contributed by atoms with Gasteiger partial charge in [-0.05, 0) is 36.4 Å². The normalized spacial score (nSPS) is 14.8. The van der Waals surface area contributed by atoms with Crippen LogP contribution in [-0.2, 0) is 22.6 Å². The maximum Gasteiger partial charge on any atom is 0.266 e. The van der Waals surface area contributed by atoms with E-state index >= 15 is 0 Å². The van der Waals surface area contributed by atoms with Crippen molar-refractivity contribution in [2.75, 3.05) is 45.3 Å². The molecule has 1 aliphatic heterocycles. The van der Waals surface area contributed by atoms with E-state index in [9.17, 15) is 9.18 Å². The standard InChI is InChI=1S/C25H26FN3O3S/c1-31-16-19-23-20(26)3-2-4-22(23)33-24(19)25(30)27-18-5-6-21-17(15-18)7-8-29(21)10-9-28-11-13-32-14-12-28/h2-8,15H,9-14,16H2,1H3,(H,27,30). The number of benzene rings is 2. The summed E-state index contributed by atoms with van der Waals surface area (Å²) in [6.45, 7) is 5.61. The van der Waals surface area contributed by atoms with Crippen LogP contribution in [0, 0.1) is 5.82 Å². The highest BCUT2D eigenvalue weighted by atomic mass is 32.1. The number of morpholine rings is 1. The minimum absolute atomic E-state index is 0.175. The molecule has 0 saturated carbocycles. The molecular formula is C25H26FN3O3S. The van der Waals surface area contributed by atoms with Crippen LogP contribution in [0.1, 0.15) is 15.2 Å². The molecule has 6 nitrogen and oxygen atoms in total. The fourth-order valence-electron chi connectivity index (χ4n) is 4.37. The van der Waals surface area contributed by atoms with E-state index in [1.165, 1.54) is 17.4 Å². The van der Waals surface area contributed by atoms with Crippen LogP contribution in [0.25, 0.3) is 21.0 Å². The van der Waals surface area contributed by atoms with Crippen LogP contribution in [-0.4, -0.2) is 55.3 Å². The largest absolute Gasteiger partial charge is 0.380 e. The quantitative estimate of drug-likeness (QED) is 0.427. The van der Waals surface area contributed by atoms with E-state index in [4.69, 9.17) is 9.47 Å². The van der Waals surface area contributed by atoms with Gasteiger partial charge in [0.15, 0.2) is 0 Å². The first kappa shape index (κ1) is 22.0. The molecule has 2 aromatic carbocycles. The molecule has 0 aliphatic carbocycles. The second-order valence-electron chi connectivity index (χ2n) is 8.15. The summed E-state index contributed by atoms with van der Waals surface area (Å²) in [4.78, 5) is 16.0. The Morgan fingerprint density at radius 1 is 1.18 bits per heavy atom. The van der Waals surface area contributed by atoms with Crippen molar-refractivity contribution in [2.24, 2.45) is 0 Å². The zero-order valence-corrected chi connectivity index (χ0v) is 19.3. The molecule has 1 amide bonds. The summed E-state index contributed by atoms with van der Waals surface area (Å²) >= 11 is 1.28. The number of halogens is 1. The minimum Gasteiger partial charge on any atom is -0.380 e. The van der Waals surface area contributed by atoms with Gasteiger partial charge in [-0.3, -0.25) is 9.69 Å². The monoisotopic (exact) mass is 467 g/mol. The van der Waals surface area contributed by atoms with Gasteiger partial charge in [-0.25, -0.2) is 4.39 Å². The van der Waals surface area contributed by atoms with Crippen molar-refractivity contribution in [2.45, 2.75) is 13.2 Å². The van der Waals surface area contributed by atoms with Gasteiger partial charge in [-0.1, -0.05) is 6.07 Å². The summed E-state index contributed by atoms with van der Waals surface area (Å²) < 4.78 is 28.1. The van der Waals surface area contributed by atoms with Gasteiger partial charge in [0.1, 0.15) is 5.82 Å². The summed E-state index contributed by atoms with van der Waals surface area (Å²) in [5.41, 5.74) is 2.42. The van der Waals surface area contributed by atoms with Gasteiger partial charge in [0, 0.05) is 71.7 Å². The summed E-state index contributed by atoms with van der Waals surface area (Å²) in [6.07, 6.45) is 2.09. The van der Waals surface area contributed by atoms with Crippen molar-refractivity contribution in [3.63, 3.8) is 0 Å². The Labute approximate surface area is 195 Å². The molecule has 2 aromatic heterocycles. The lowest BCUT2D eigenvalue weighted by molar-refractivity contribution is 0.0365. The summed E-state index contributed by atoms with van der Waals surface area (Å²) in [6, 6.07) is 12.9. The smallest absolute Gasteiger partial charge is 0.266 e. The Morgan fingerprint density at radius 2 is 2.03 bits per heavy atom. The van der Waals surface area contributed by atoms with Crippen LogP contribution in [0.15, 0.2) is 48.7 Å². The number of methoxy groups -OCH3 is 1. The van der Waals surface area contributed by atoms with Crippen LogP contribution >= 0.6 is 11.3 Å². The van der Waals surface area contributed by atoms with Gasteiger partial charge in [-0.2, -0.15) is 0 Å². The van der Waals surface area contributed by atoms with Gasteiger partial charge in [0.2, 0.25) is 0 Å². The lowest BCUT2D eigenvalue weighted by Crippen LogP contribution is -2.38. The van der Waals surface area contributed by atoms with Crippen molar-refractivity contribution in [1.82, 2.24) is 9.47 Å². The summed E-state index contributed by atoms with van der Waals surface area (Å²) in [7, 11) is 1.55. The van der Waals surface area contributed by atoms with Crippen LogP contribution < -0.4 is 5.32 Å². The number of carbonyl (C=O) groups is 1. The number of amides is 1. The molecule has 8 heteroatoms. The van der Waals surface area contributed by atoms with Gasteiger partial charge >= 0.3 is 0 Å². The number of aromatic nitrogens is 1. The molecule has 1 aliphatic rings. The lowest BCUT2D eigenvalue weighted by atomic mass is 10.1. The molecule has 0 atom stereocenters. The third-order valence-electron chi connectivity index (χ3n) is 6.05. The molecule has 1 saturated heterocycles. The van der Waals surface area contributed by atoms with Crippen molar-refractivity contribution in [1.29, 1.82) is 0 Å². The maximum absolute atomic E-state index is 14.4. The number of hydrogen-bond acceptors (Lipinski definition) is 5. The van der Waals surface area contributed by atoms with Gasteiger partial charge in [0.05, 0.1) is 24.7 Å². The predicted octanol–water partition coefficient (Wildman–Crippen LogP) is 4.73. The highest BCUT2D eigenvalue weighted by molar-refractivity contribution is 7.21. The van der Waals surface area contributed by atoms with Gasteiger partial charge in [0.25, 0.3) is 5.91 Å². The average molecular weight is 468 g/mol. The average Bonchev–Trinajstić information content (AvgIpc) is 3.40. The molecule has 33 heavy (non-hydrogen) atoms. The van der Waals surface area contributed by atoms with Crippen LogP contribution in [0.3, 0.4) is 0 Å². The molecule has 1 fully saturated rings. The van der Waals surface area contributed by atoms with E-state index in [2.05, 4.69) is 27.0 Å². The first-order valence-electron chi connectivity index (χ1n) is 11.0. The number of nitrogens with zero attached hydrogens (tertiary/aromatic N) is 2. The number of nitrogens with one attached hydrogen (secondary N) is 1. The molecule has 4 aromatic rings. The SMILES string of the molecule is COCc1c(C(=O)Nc2ccc3c(ccn3CCN3CCOCC3)c2)sc2cccc(F)c12. The van der Waals surface area contributed by atoms with Crippen molar-refractivity contribution < 1.29 is 18.7 Å². The first-order chi connectivity index (χ1) is 16.1. The fourth-order valence-corrected chi connectivity index (χ4v) is 5.48. The highest BCUT2D eigenvalue weighted by Crippen LogP contribution is 2.34. The molecule has 1 N–H and O–H groups in total. The van der Waals surface area contributed by atoms with Gasteiger partial charge < -0.3 is 19.4 Å². The molecule has 5 rings (SSSR count). The van der Waals surface area contributed by atoms with Crippen molar-refractivity contribution >= 4 is 43.9 Å². The first-order valence-corrected chi connectivity index (χ1v) is 11.8. The second kappa shape index (κ2) is 9.61. The number of rotatable bonds is 7. The molecule has 0 unspecified atom stereocenters. The maximum atomic E-state index is 14.4. The zero-order chi connectivity index (χ0) is 22.8. The number of fused-ring (bicyclic) bond motifs is 2. The number of anilines is 1. The van der Waals surface area contributed by atoms with Crippen LogP contribution in [0.4, 0.5) is 10.1 Å². The molecule has 3 heterocycles. The van der Waals surface area contributed by atoms with Gasteiger partial charge in [-0.15, -0.1) is 11.3 Å². The third kappa shape index (κ3) is 4.52. The zero-order valence-electron chi connectivity index (χ0n) is 18.5. The van der Waals surface area contributed by atoms with E-state index < -0.39 is 0 Å². The Morgan fingerprint density at radius 3 is 2.85 bits per heavy atom. The number of carbonyl (C=O) groups excluding carboxylic acids is 1. The Hall–Kier alpha value is -2.78. The Bertz CT molecular complexity index is 1290. The fraction of sp³-hybridized carbons (Fsp3) is 0.320. The van der Waals surface area contributed by atoms with E-state index in [0.29, 0.717) is 21.5 Å². The third-order valence-corrected chi connectivity index (χ3v) is 7.24. The topological polar surface area (TPSA) is 55.7 Å². The summed E-state index contributed by atoms with van der Waals surface area (Å²) in [5.74, 6) is -0.594. The Kier molecular flexibility index (Phi) is 6.41. The molecule has 0 bridgehead atoms. The minimum atomic E-state index is -0.338. The molecule has 172 valence electrons. The Balaban J connectivity index is 1.34. The molecule has 0 radical (unpaired) electrons. The lowest BCUT2D eigenvalue weighted by Gasteiger charge is -2.26. The summed E-state index contributed by atoms with van der Waals surface area (Å²) in [5, 5.41) is 4.51. The molecule has 0 spiro atoms. The second-order valence-corrected chi connectivity index (χ2v) is 9.20. The number of hydrogen-bond donors (Lipinski definition) is 1. The van der Waals surface area contributed by atoms with Crippen LogP contribution in [0.5, 0.6) is 0 Å². The van der Waals surface area contributed by atoms with E-state index in [-0.39, 0.29) is 18.3 Å². The van der Waals surface area contributed by atoms with E-state index in [0.717, 1.165) is 55.0 Å². The van der Waals surface area contributed by atoms with Crippen molar-refractivity contribution in [3.05, 3.63) is 64.9 Å². The number of thiophene rings is 1. The number of ether oxygens (including phenoxy) is 2. The van der Waals surface area contributed by atoms with Crippen molar-refractivity contribution in [3.8, 4) is 0 Å². The molecular weight excluding hydrogens is 441 g/mol. The van der Waals surface area contributed by atoms with E-state index in [1.54, 1.807) is 13.2 Å². The van der Waals surface area contributed by atoms with Crippen LogP contribution in [0.2, 0.25) is 0 Å². The van der Waals surface area contributed by atoms with E-state index in [1.807, 2.05) is 24.3 Å².